The number of H-pyrrole nitrogens is 1. The van der Waals surface area contributed by atoms with Crippen LogP contribution in [0.4, 0.5) is 0 Å². The van der Waals surface area contributed by atoms with Gasteiger partial charge in [-0.2, -0.15) is 5.10 Å². The van der Waals surface area contributed by atoms with Crippen molar-refractivity contribution in [2.24, 2.45) is 5.10 Å². The molecule has 3 rings (SSSR count). The minimum atomic E-state index is -0.260. The average molecular weight is 278 g/mol. The van der Waals surface area contributed by atoms with Crippen LogP contribution in [0, 0.1) is 6.92 Å². The summed E-state index contributed by atoms with van der Waals surface area (Å²) in [6, 6.07) is 11.5. The standard InChI is InChI=1S/C16H14N4O/c1-11-13-6-2-3-7-14(13)19-15(11)16(21)20-18-10-12-5-4-8-17-9-12/h2-10,19H,1H3,(H,20,21). The van der Waals surface area contributed by atoms with Crippen LogP contribution in [-0.2, 0) is 0 Å². The third-order valence-electron chi connectivity index (χ3n) is 3.26. The molecule has 3 aromatic rings. The van der Waals surface area contributed by atoms with Crippen molar-refractivity contribution in [3.05, 3.63) is 65.6 Å². The van der Waals surface area contributed by atoms with Gasteiger partial charge in [-0.15, -0.1) is 0 Å². The SMILES string of the molecule is Cc1c(C(=O)NN=Cc2cccnc2)[nH]c2ccccc12. The van der Waals surface area contributed by atoms with Gasteiger partial charge in [0, 0.05) is 28.9 Å². The molecular formula is C16H14N4O. The molecule has 2 N–H and O–H groups in total. The van der Waals surface area contributed by atoms with Crippen molar-refractivity contribution >= 4 is 23.0 Å². The average Bonchev–Trinajstić information content (AvgIpc) is 2.86. The number of rotatable bonds is 3. The van der Waals surface area contributed by atoms with Gasteiger partial charge in [0.05, 0.1) is 6.21 Å². The number of aromatic amines is 1. The van der Waals surface area contributed by atoms with Gasteiger partial charge in [-0.25, -0.2) is 5.43 Å². The largest absolute Gasteiger partial charge is 0.350 e. The zero-order chi connectivity index (χ0) is 14.7. The minimum absolute atomic E-state index is 0.260. The molecule has 0 saturated heterocycles. The Morgan fingerprint density at radius 1 is 1.29 bits per heavy atom. The molecule has 2 aromatic heterocycles. The quantitative estimate of drug-likeness (QED) is 0.571. The van der Waals surface area contributed by atoms with Gasteiger partial charge in [-0.1, -0.05) is 24.3 Å². The lowest BCUT2D eigenvalue weighted by Gasteiger charge is -1.98. The fraction of sp³-hybridized carbons (Fsp3) is 0.0625. The molecule has 104 valence electrons. The number of fused-ring (bicyclic) bond motifs is 1. The van der Waals surface area contributed by atoms with E-state index in [4.69, 9.17) is 0 Å². The number of pyridine rings is 1. The lowest BCUT2D eigenvalue weighted by atomic mass is 10.1. The van der Waals surface area contributed by atoms with E-state index in [0.717, 1.165) is 22.0 Å². The summed E-state index contributed by atoms with van der Waals surface area (Å²) in [5.74, 6) is -0.260. The number of aryl methyl sites for hydroxylation is 1. The fourth-order valence-corrected chi connectivity index (χ4v) is 2.18. The topological polar surface area (TPSA) is 70.1 Å². The van der Waals surface area contributed by atoms with Crippen LogP contribution >= 0.6 is 0 Å². The molecule has 0 aliphatic carbocycles. The van der Waals surface area contributed by atoms with Crippen LogP contribution in [-0.4, -0.2) is 22.1 Å². The number of nitrogens with zero attached hydrogens (tertiary/aromatic N) is 2. The number of para-hydroxylation sites is 1. The molecule has 0 radical (unpaired) electrons. The molecule has 0 fully saturated rings. The first-order valence-corrected chi connectivity index (χ1v) is 6.56. The number of aromatic nitrogens is 2. The minimum Gasteiger partial charge on any atom is -0.350 e. The van der Waals surface area contributed by atoms with E-state index in [1.165, 1.54) is 0 Å². The Morgan fingerprint density at radius 2 is 2.14 bits per heavy atom. The van der Waals surface area contributed by atoms with Crippen molar-refractivity contribution in [3.63, 3.8) is 0 Å². The first-order valence-electron chi connectivity index (χ1n) is 6.56. The van der Waals surface area contributed by atoms with Crippen molar-refractivity contribution in [3.8, 4) is 0 Å². The normalized spacial score (nSPS) is 11.1. The fourth-order valence-electron chi connectivity index (χ4n) is 2.18. The van der Waals surface area contributed by atoms with Gasteiger partial charge in [0.25, 0.3) is 5.91 Å². The molecule has 5 nitrogen and oxygen atoms in total. The van der Waals surface area contributed by atoms with Gasteiger partial charge in [0.2, 0.25) is 0 Å². The van der Waals surface area contributed by atoms with E-state index < -0.39 is 0 Å². The Hall–Kier alpha value is -2.95. The Labute approximate surface area is 121 Å². The summed E-state index contributed by atoms with van der Waals surface area (Å²) < 4.78 is 0. The lowest BCUT2D eigenvalue weighted by molar-refractivity contribution is 0.0950. The Bertz CT molecular complexity index is 806. The number of hydrazone groups is 1. The van der Waals surface area contributed by atoms with E-state index in [1.807, 2.05) is 43.3 Å². The predicted octanol–water partition coefficient (Wildman–Crippen LogP) is 2.64. The molecular weight excluding hydrogens is 264 g/mol. The second kappa shape index (κ2) is 5.58. The second-order valence-corrected chi connectivity index (χ2v) is 4.66. The smallest absolute Gasteiger partial charge is 0.288 e. The summed E-state index contributed by atoms with van der Waals surface area (Å²) in [6.07, 6.45) is 4.91. The number of amides is 1. The summed E-state index contributed by atoms with van der Waals surface area (Å²) in [6.45, 7) is 1.92. The highest BCUT2D eigenvalue weighted by molar-refractivity contribution is 6.01. The third-order valence-corrected chi connectivity index (χ3v) is 3.26. The Kier molecular flexibility index (Phi) is 3.47. The maximum Gasteiger partial charge on any atom is 0.288 e. The maximum absolute atomic E-state index is 12.2. The highest BCUT2D eigenvalue weighted by Crippen LogP contribution is 2.20. The molecule has 0 unspecified atom stereocenters. The molecule has 21 heavy (non-hydrogen) atoms. The number of benzene rings is 1. The summed E-state index contributed by atoms with van der Waals surface area (Å²) >= 11 is 0. The van der Waals surface area contributed by atoms with E-state index in [2.05, 4.69) is 20.5 Å². The van der Waals surface area contributed by atoms with Crippen LogP contribution < -0.4 is 5.43 Å². The van der Waals surface area contributed by atoms with Crippen LogP contribution in [0.1, 0.15) is 21.6 Å². The van der Waals surface area contributed by atoms with E-state index in [1.54, 1.807) is 18.6 Å². The van der Waals surface area contributed by atoms with Crippen LogP contribution in [0.15, 0.2) is 53.9 Å². The third kappa shape index (κ3) is 2.67. The molecule has 1 amide bonds. The second-order valence-electron chi connectivity index (χ2n) is 4.66. The predicted molar refractivity (Wildman–Crippen MR) is 82.3 cm³/mol. The summed E-state index contributed by atoms with van der Waals surface area (Å²) in [5.41, 5.74) is 5.73. The van der Waals surface area contributed by atoms with Crippen molar-refractivity contribution in [1.82, 2.24) is 15.4 Å². The van der Waals surface area contributed by atoms with Crippen molar-refractivity contribution in [2.45, 2.75) is 6.92 Å². The number of hydrogen-bond donors (Lipinski definition) is 2. The molecule has 0 spiro atoms. The molecule has 5 heteroatoms. The summed E-state index contributed by atoms with van der Waals surface area (Å²) in [4.78, 5) is 19.2. The first-order chi connectivity index (χ1) is 10.3. The number of carbonyl (C=O) groups is 1. The number of nitrogens with one attached hydrogen (secondary N) is 2. The van der Waals surface area contributed by atoms with Crippen LogP contribution in [0.3, 0.4) is 0 Å². The molecule has 0 saturated carbocycles. The van der Waals surface area contributed by atoms with Crippen molar-refractivity contribution in [1.29, 1.82) is 0 Å². The summed E-state index contributed by atoms with van der Waals surface area (Å²) in [7, 11) is 0. The van der Waals surface area contributed by atoms with Crippen molar-refractivity contribution in [2.75, 3.05) is 0 Å². The van der Waals surface area contributed by atoms with Gasteiger partial charge in [-0.05, 0) is 24.6 Å². The highest BCUT2D eigenvalue weighted by atomic mass is 16.2. The number of hydrogen-bond acceptors (Lipinski definition) is 3. The molecule has 0 atom stereocenters. The maximum atomic E-state index is 12.2. The monoisotopic (exact) mass is 278 g/mol. The van der Waals surface area contributed by atoms with Crippen LogP contribution in [0.5, 0.6) is 0 Å². The molecule has 0 aliphatic heterocycles. The zero-order valence-corrected chi connectivity index (χ0v) is 11.5. The molecule has 1 aromatic carbocycles. The van der Waals surface area contributed by atoms with Gasteiger partial charge >= 0.3 is 0 Å². The van der Waals surface area contributed by atoms with E-state index in [9.17, 15) is 4.79 Å². The molecule has 2 heterocycles. The zero-order valence-electron chi connectivity index (χ0n) is 11.5. The van der Waals surface area contributed by atoms with E-state index >= 15 is 0 Å². The highest BCUT2D eigenvalue weighted by Gasteiger charge is 2.13. The van der Waals surface area contributed by atoms with Gasteiger partial charge in [0.15, 0.2) is 0 Å². The van der Waals surface area contributed by atoms with Gasteiger partial charge in [-0.3, -0.25) is 9.78 Å². The lowest BCUT2D eigenvalue weighted by Crippen LogP contribution is -2.18. The summed E-state index contributed by atoms with van der Waals surface area (Å²) in [5, 5.41) is 4.99. The Balaban J connectivity index is 1.78. The first kappa shape index (κ1) is 13.1. The van der Waals surface area contributed by atoms with Crippen LogP contribution in [0.2, 0.25) is 0 Å². The Morgan fingerprint density at radius 3 is 2.90 bits per heavy atom. The number of carbonyl (C=O) groups excluding carboxylic acids is 1. The van der Waals surface area contributed by atoms with Gasteiger partial charge < -0.3 is 4.98 Å². The van der Waals surface area contributed by atoms with E-state index in [-0.39, 0.29) is 5.91 Å². The van der Waals surface area contributed by atoms with Crippen molar-refractivity contribution < 1.29 is 4.79 Å². The molecule has 0 bridgehead atoms. The van der Waals surface area contributed by atoms with Crippen LogP contribution in [0.25, 0.3) is 10.9 Å². The van der Waals surface area contributed by atoms with E-state index in [0.29, 0.717) is 5.69 Å². The van der Waals surface area contributed by atoms with Gasteiger partial charge in [0.1, 0.15) is 5.69 Å². The molecule has 0 aliphatic rings.